The van der Waals surface area contributed by atoms with Crippen LogP contribution in [0.3, 0.4) is 0 Å². The Labute approximate surface area is 267 Å². The maximum Gasteiger partial charge on any atom is 0.352 e. The summed E-state index contributed by atoms with van der Waals surface area (Å²) in [5.74, 6) is -2.06. The van der Waals surface area contributed by atoms with Crippen LogP contribution in [0.1, 0.15) is 17.9 Å². The van der Waals surface area contributed by atoms with E-state index in [1.165, 1.54) is 30.0 Å². The van der Waals surface area contributed by atoms with Crippen LogP contribution in [0.4, 0.5) is 10.8 Å². The van der Waals surface area contributed by atoms with Gasteiger partial charge in [-0.2, -0.15) is 0 Å². The summed E-state index contributed by atoms with van der Waals surface area (Å²) < 4.78 is 11.4. The number of carboxylic acid groups (broad SMARTS) is 1. The number of nitrogens with zero attached hydrogens (tertiary/aromatic N) is 7. The van der Waals surface area contributed by atoms with Crippen LogP contribution in [0.25, 0.3) is 5.65 Å². The normalized spacial score (nSPS) is 18.2. The van der Waals surface area contributed by atoms with Crippen molar-refractivity contribution < 1.29 is 33.3 Å². The summed E-state index contributed by atoms with van der Waals surface area (Å²) in [6, 6.07) is 3.62. The second-order valence-corrected chi connectivity index (χ2v) is 12.8. The Morgan fingerprint density at radius 3 is 2.82 bits per heavy atom. The molecular weight excluding hydrogens is 648 g/mol. The fourth-order valence-corrected chi connectivity index (χ4v) is 7.68. The highest BCUT2D eigenvalue weighted by Crippen LogP contribution is 2.45. The van der Waals surface area contributed by atoms with Crippen molar-refractivity contribution in [2.24, 2.45) is 27.5 Å². The Hall–Kier alpha value is -4.81. The molecule has 6 heterocycles. The third-order valence-corrected chi connectivity index (χ3v) is 9.68. The van der Waals surface area contributed by atoms with Crippen LogP contribution in [0.5, 0.6) is 0 Å². The van der Waals surface area contributed by atoms with Crippen LogP contribution < -0.4 is 21.8 Å². The van der Waals surface area contributed by atoms with Gasteiger partial charge in [0.05, 0.1) is 30.1 Å². The summed E-state index contributed by atoms with van der Waals surface area (Å²) in [7, 11) is 1.27. The molecule has 45 heavy (non-hydrogen) atoms. The molecule has 4 aromatic heterocycles. The van der Waals surface area contributed by atoms with Crippen LogP contribution in [0.15, 0.2) is 62.8 Å². The lowest BCUT2D eigenvalue weighted by Crippen LogP contribution is -2.62. The molecule has 0 bridgehead atoms. The summed E-state index contributed by atoms with van der Waals surface area (Å²) in [5, 5.41) is 13.6. The van der Waals surface area contributed by atoms with Crippen LogP contribution in [-0.2, 0) is 32.3 Å². The standard InChI is InChI=1S/C26H25ClN10O6S2/c1-42-33-18(19-21(27)45-26(30)32-19)16(38)7-15-22(39)37-20(24(40)41)12(11-44-23(15)37)8-35-3-2-17-34(4-5-36(17)35)9-14-6-13(10-43-14)31-25(28)29/h2-6,10,15,23H,7-9,11H2,1H3,(H6-,28,29,30,31,32,40,41)/p+1/b33-18+/t15-,23-/m1/s1. The van der Waals surface area contributed by atoms with Crippen molar-refractivity contribution in [1.29, 1.82) is 0 Å². The van der Waals surface area contributed by atoms with E-state index in [1.807, 2.05) is 38.4 Å². The molecule has 6 rings (SSSR count). The minimum absolute atomic E-state index is 0.0711. The minimum atomic E-state index is -1.22. The quantitative estimate of drug-likeness (QED) is 0.0580. The van der Waals surface area contributed by atoms with Crippen molar-refractivity contribution in [3.63, 3.8) is 0 Å². The number of β-lactam (4-membered cyclic amide) rings is 1. The number of imidazole rings is 1. The highest BCUT2D eigenvalue weighted by Gasteiger charge is 2.54. The number of fused-ring (bicyclic) bond motifs is 2. The number of ketones is 1. The SMILES string of the molecule is CO/N=C(\C(=O)C[C@@H]1C(=O)N2C(C(=O)O)=C(Cn3ccc4n3cc[n+]4Cc3cc(N=C(N)N)co3)CS[C@H]12)c1nc(N)sc1Cl. The number of thioether (sulfide) groups is 1. The summed E-state index contributed by atoms with van der Waals surface area (Å²) in [6.45, 7) is 0.624. The molecule has 1 fully saturated rings. The van der Waals surface area contributed by atoms with E-state index in [1.54, 1.807) is 6.07 Å². The van der Waals surface area contributed by atoms with Gasteiger partial charge in [-0.15, -0.1) is 16.3 Å². The average molecular weight is 674 g/mol. The summed E-state index contributed by atoms with van der Waals surface area (Å²) in [6.07, 6.45) is 6.76. The molecule has 2 aliphatic rings. The van der Waals surface area contributed by atoms with Crippen LogP contribution in [0, 0.1) is 5.92 Å². The largest absolute Gasteiger partial charge is 0.477 e. The van der Waals surface area contributed by atoms with E-state index >= 15 is 0 Å². The fourth-order valence-electron chi connectivity index (χ4n) is 5.34. The molecule has 19 heteroatoms. The van der Waals surface area contributed by atoms with Gasteiger partial charge in [0.2, 0.25) is 5.91 Å². The second kappa shape index (κ2) is 11.9. The molecular formula is C26H26ClN10O6S2+. The highest BCUT2D eigenvalue weighted by atomic mass is 35.5. The Balaban J connectivity index is 1.19. The molecule has 4 aromatic rings. The number of nitrogen functional groups attached to an aromatic ring is 1. The van der Waals surface area contributed by atoms with Gasteiger partial charge in [-0.05, 0) is 5.57 Å². The lowest BCUT2D eigenvalue weighted by Gasteiger charge is -2.49. The number of hydrogen-bond acceptors (Lipinski definition) is 11. The third kappa shape index (κ3) is 5.62. The zero-order valence-electron chi connectivity index (χ0n) is 23.5. The predicted molar refractivity (Wildman–Crippen MR) is 165 cm³/mol. The Bertz CT molecular complexity index is 1930. The Kier molecular flexibility index (Phi) is 8.02. The summed E-state index contributed by atoms with van der Waals surface area (Å²) in [5.41, 5.74) is 18.3. The maximum atomic E-state index is 13.3. The highest BCUT2D eigenvalue weighted by molar-refractivity contribution is 8.00. The molecule has 0 aliphatic carbocycles. The van der Waals surface area contributed by atoms with Gasteiger partial charge in [0.1, 0.15) is 53.3 Å². The van der Waals surface area contributed by atoms with Crippen molar-refractivity contribution in [2.45, 2.75) is 24.9 Å². The zero-order valence-corrected chi connectivity index (χ0v) is 25.9. The Morgan fingerprint density at radius 1 is 1.33 bits per heavy atom. The van der Waals surface area contributed by atoms with Gasteiger partial charge in [-0.1, -0.05) is 28.1 Å². The van der Waals surface area contributed by atoms with E-state index in [-0.39, 0.29) is 45.5 Å². The van der Waals surface area contributed by atoms with Crippen molar-refractivity contribution in [1.82, 2.24) is 19.1 Å². The average Bonchev–Trinajstić information content (AvgIpc) is 3.77. The summed E-state index contributed by atoms with van der Waals surface area (Å²) >= 11 is 8.55. The number of aromatic nitrogens is 4. The van der Waals surface area contributed by atoms with Crippen LogP contribution in [-0.4, -0.2) is 71.8 Å². The summed E-state index contributed by atoms with van der Waals surface area (Å²) in [4.78, 5) is 53.1. The first-order valence-corrected chi connectivity index (χ1v) is 15.5. The monoisotopic (exact) mass is 673 g/mol. The molecule has 2 aliphatic heterocycles. The molecule has 1 amide bonds. The number of anilines is 1. The number of carbonyl (C=O) groups is 3. The van der Waals surface area contributed by atoms with Crippen molar-refractivity contribution in [2.75, 3.05) is 18.6 Å². The fraction of sp³-hybridized carbons (Fsp3) is 0.269. The molecule has 2 atom stereocenters. The number of amides is 1. The topological polar surface area (TPSA) is 226 Å². The first-order chi connectivity index (χ1) is 21.5. The Morgan fingerprint density at radius 2 is 2.13 bits per heavy atom. The number of Topliss-reactive ketones (excluding diaryl/α,β-unsaturated/α-hetero) is 1. The maximum absolute atomic E-state index is 13.3. The van der Waals surface area contributed by atoms with Gasteiger partial charge in [0.25, 0.3) is 0 Å². The van der Waals surface area contributed by atoms with Gasteiger partial charge < -0.3 is 31.6 Å². The van der Waals surface area contributed by atoms with E-state index in [0.29, 0.717) is 29.3 Å². The van der Waals surface area contributed by atoms with E-state index in [2.05, 4.69) is 15.1 Å². The van der Waals surface area contributed by atoms with E-state index < -0.39 is 29.0 Å². The predicted octanol–water partition coefficient (Wildman–Crippen LogP) is 1.15. The molecule has 7 N–H and O–H groups in total. The number of aliphatic imine (C=N–C) groups is 1. The molecule has 234 valence electrons. The lowest BCUT2D eigenvalue weighted by atomic mass is 9.89. The minimum Gasteiger partial charge on any atom is -0.477 e. The van der Waals surface area contributed by atoms with E-state index in [4.69, 9.17) is 38.1 Å². The first-order valence-electron chi connectivity index (χ1n) is 13.2. The van der Waals surface area contributed by atoms with Gasteiger partial charge in [0.15, 0.2) is 28.8 Å². The number of halogens is 1. The molecule has 0 spiro atoms. The van der Waals surface area contributed by atoms with Crippen LogP contribution >= 0.6 is 34.7 Å². The van der Waals surface area contributed by atoms with Crippen molar-refractivity contribution in [3.05, 3.63) is 64.0 Å². The number of oxime groups is 1. The second-order valence-electron chi connectivity index (χ2n) is 10.0. The smallest absolute Gasteiger partial charge is 0.352 e. The van der Waals surface area contributed by atoms with Crippen LogP contribution in [0.2, 0.25) is 4.34 Å². The number of carboxylic acids is 1. The van der Waals surface area contributed by atoms with Gasteiger partial charge >= 0.3 is 11.6 Å². The number of thiazole rings is 1. The zero-order chi connectivity index (χ0) is 32.0. The number of hydrogen-bond donors (Lipinski definition) is 4. The third-order valence-electron chi connectivity index (χ3n) is 7.21. The molecule has 0 aromatic carbocycles. The molecule has 0 radical (unpaired) electrons. The van der Waals surface area contributed by atoms with Gasteiger partial charge in [0, 0.05) is 18.2 Å². The number of carbonyl (C=O) groups excluding carboxylic acids is 2. The van der Waals surface area contributed by atoms with E-state index in [9.17, 15) is 19.5 Å². The number of guanidine groups is 1. The molecule has 0 saturated carbocycles. The van der Waals surface area contributed by atoms with Crippen molar-refractivity contribution >= 4 is 80.5 Å². The lowest BCUT2D eigenvalue weighted by molar-refractivity contribution is -0.663. The first kappa shape index (κ1) is 30.2. The van der Waals surface area contributed by atoms with Gasteiger partial charge in [-0.3, -0.25) is 14.5 Å². The number of furan rings is 1. The van der Waals surface area contributed by atoms with Gasteiger partial charge in [-0.25, -0.2) is 24.0 Å². The molecule has 16 nitrogen and oxygen atoms in total. The molecule has 1 saturated heterocycles. The molecule has 0 unspecified atom stereocenters. The number of rotatable bonds is 11. The number of aliphatic carboxylic acids is 1. The van der Waals surface area contributed by atoms with Crippen molar-refractivity contribution in [3.8, 4) is 0 Å². The number of nitrogens with two attached hydrogens (primary N) is 3. The van der Waals surface area contributed by atoms with E-state index in [0.717, 1.165) is 17.0 Å².